The van der Waals surface area contributed by atoms with E-state index in [1.165, 1.54) is 24.1 Å². The smallest absolute Gasteiger partial charge is 0.189 e. The molecular weight excluding hydrogens is 232 g/mol. The molecule has 0 spiro atoms. The highest BCUT2D eigenvalue weighted by Gasteiger charge is 2.16. The Morgan fingerprint density at radius 3 is 3.06 bits per heavy atom. The van der Waals surface area contributed by atoms with Crippen molar-refractivity contribution in [2.45, 2.75) is 39.2 Å². The molecule has 1 aliphatic carbocycles. The number of hydrogen-bond acceptors (Lipinski definition) is 3. The topological polar surface area (TPSA) is 63.3 Å². The quantitative estimate of drug-likeness (QED) is 0.621. The molecule has 0 aromatic carbocycles. The van der Waals surface area contributed by atoms with E-state index < -0.39 is 0 Å². The first kappa shape index (κ1) is 12.4. The van der Waals surface area contributed by atoms with Gasteiger partial charge in [0.2, 0.25) is 0 Å². The van der Waals surface area contributed by atoms with Gasteiger partial charge in [0.1, 0.15) is 5.01 Å². The van der Waals surface area contributed by atoms with Crippen LogP contribution in [0.2, 0.25) is 0 Å². The van der Waals surface area contributed by atoms with E-state index in [1.54, 1.807) is 11.3 Å². The summed E-state index contributed by atoms with van der Waals surface area (Å²) in [4.78, 5) is 9.92. The molecule has 94 valence electrons. The SMILES string of the molecule is CCc1cnc(CN=C(N)NCC2CCC2)s1. The van der Waals surface area contributed by atoms with Crippen LogP contribution in [0.15, 0.2) is 11.2 Å². The summed E-state index contributed by atoms with van der Waals surface area (Å²) in [5.41, 5.74) is 5.80. The summed E-state index contributed by atoms with van der Waals surface area (Å²) in [5, 5.41) is 4.22. The Kier molecular flexibility index (Phi) is 4.36. The van der Waals surface area contributed by atoms with E-state index in [4.69, 9.17) is 5.73 Å². The van der Waals surface area contributed by atoms with E-state index in [-0.39, 0.29) is 0 Å². The van der Waals surface area contributed by atoms with Crippen molar-refractivity contribution in [2.75, 3.05) is 6.54 Å². The molecule has 1 saturated carbocycles. The number of aryl methyl sites for hydroxylation is 1. The number of nitrogens with two attached hydrogens (primary N) is 1. The normalized spacial score (nSPS) is 16.9. The Hall–Kier alpha value is -1.10. The molecule has 0 amide bonds. The first-order chi connectivity index (χ1) is 8.28. The molecule has 1 aromatic heterocycles. The van der Waals surface area contributed by atoms with Gasteiger partial charge in [-0.25, -0.2) is 9.98 Å². The Bertz CT molecular complexity index is 382. The molecule has 0 saturated heterocycles. The summed E-state index contributed by atoms with van der Waals surface area (Å²) in [6.45, 7) is 3.69. The standard InChI is InChI=1S/C12H20N4S/c1-2-10-7-14-11(17-10)8-16-12(13)15-6-9-4-3-5-9/h7,9H,2-6,8H2,1H3,(H3,13,15,16). The van der Waals surface area contributed by atoms with Crippen molar-refractivity contribution in [3.05, 3.63) is 16.1 Å². The Labute approximate surface area is 106 Å². The lowest BCUT2D eigenvalue weighted by Crippen LogP contribution is -2.37. The van der Waals surface area contributed by atoms with E-state index in [2.05, 4.69) is 22.2 Å². The van der Waals surface area contributed by atoms with Gasteiger partial charge in [0.05, 0.1) is 6.54 Å². The molecule has 3 N–H and O–H groups in total. The zero-order valence-electron chi connectivity index (χ0n) is 10.3. The number of thiazole rings is 1. The molecule has 17 heavy (non-hydrogen) atoms. The predicted octanol–water partition coefficient (Wildman–Crippen LogP) is 1.91. The van der Waals surface area contributed by atoms with Gasteiger partial charge in [-0.3, -0.25) is 0 Å². The average Bonchev–Trinajstić information content (AvgIpc) is 2.72. The third-order valence-electron chi connectivity index (χ3n) is 3.13. The summed E-state index contributed by atoms with van der Waals surface area (Å²) in [5.74, 6) is 1.35. The van der Waals surface area contributed by atoms with E-state index in [0.717, 1.165) is 23.9 Å². The summed E-state index contributed by atoms with van der Waals surface area (Å²) in [7, 11) is 0. The second kappa shape index (κ2) is 6.00. The molecule has 0 aliphatic heterocycles. The van der Waals surface area contributed by atoms with Gasteiger partial charge in [0.15, 0.2) is 5.96 Å². The van der Waals surface area contributed by atoms with Gasteiger partial charge < -0.3 is 11.1 Å². The lowest BCUT2D eigenvalue weighted by molar-refractivity contribution is 0.315. The molecule has 5 heteroatoms. The van der Waals surface area contributed by atoms with Crippen LogP contribution in [0, 0.1) is 5.92 Å². The van der Waals surface area contributed by atoms with Crippen LogP contribution in [-0.2, 0) is 13.0 Å². The largest absolute Gasteiger partial charge is 0.370 e. The van der Waals surface area contributed by atoms with Gasteiger partial charge in [-0.15, -0.1) is 11.3 Å². The maximum Gasteiger partial charge on any atom is 0.189 e. The molecule has 2 rings (SSSR count). The van der Waals surface area contributed by atoms with Gasteiger partial charge in [-0.05, 0) is 25.2 Å². The van der Waals surface area contributed by atoms with Crippen LogP contribution in [-0.4, -0.2) is 17.5 Å². The highest BCUT2D eigenvalue weighted by Crippen LogP contribution is 2.24. The maximum absolute atomic E-state index is 5.80. The minimum atomic E-state index is 0.546. The van der Waals surface area contributed by atoms with Crippen molar-refractivity contribution < 1.29 is 0 Å². The second-order valence-corrected chi connectivity index (χ2v) is 5.65. The summed E-state index contributed by atoms with van der Waals surface area (Å²) < 4.78 is 0. The molecule has 4 nitrogen and oxygen atoms in total. The van der Waals surface area contributed by atoms with Crippen LogP contribution < -0.4 is 11.1 Å². The summed E-state index contributed by atoms with van der Waals surface area (Å²) in [6, 6.07) is 0. The van der Waals surface area contributed by atoms with E-state index in [9.17, 15) is 0 Å². The second-order valence-electron chi connectivity index (χ2n) is 4.45. The first-order valence-corrected chi connectivity index (χ1v) is 7.07. The van der Waals surface area contributed by atoms with Gasteiger partial charge in [-0.1, -0.05) is 13.3 Å². The van der Waals surface area contributed by atoms with Crippen LogP contribution in [0.4, 0.5) is 0 Å². The molecule has 1 aliphatic rings. The van der Waals surface area contributed by atoms with Crippen LogP contribution in [0.1, 0.15) is 36.1 Å². The number of guanidine groups is 1. The van der Waals surface area contributed by atoms with Crippen molar-refractivity contribution in [1.29, 1.82) is 0 Å². The van der Waals surface area contributed by atoms with Gasteiger partial charge in [-0.2, -0.15) is 0 Å². The molecule has 1 heterocycles. The first-order valence-electron chi connectivity index (χ1n) is 6.25. The zero-order chi connectivity index (χ0) is 12.1. The summed E-state index contributed by atoms with van der Waals surface area (Å²) >= 11 is 1.71. The van der Waals surface area contributed by atoms with E-state index in [0.29, 0.717) is 12.5 Å². The van der Waals surface area contributed by atoms with Gasteiger partial charge in [0, 0.05) is 17.6 Å². The van der Waals surface area contributed by atoms with Gasteiger partial charge in [0.25, 0.3) is 0 Å². The fraction of sp³-hybridized carbons (Fsp3) is 0.667. The molecule has 0 radical (unpaired) electrons. The van der Waals surface area contributed by atoms with Crippen LogP contribution in [0.25, 0.3) is 0 Å². The number of nitrogens with zero attached hydrogens (tertiary/aromatic N) is 2. The molecule has 0 unspecified atom stereocenters. The molecule has 1 aromatic rings. The summed E-state index contributed by atoms with van der Waals surface area (Å²) in [6.07, 6.45) is 6.98. The number of aliphatic imine (C=N–C) groups is 1. The van der Waals surface area contributed by atoms with Crippen molar-refractivity contribution >= 4 is 17.3 Å². The lowest BCUT2D eigenvalue weighted by Gasteiger charge is -2.25. The van der Waals surface area contributed by atoms with Crippen molar-refractivity contribution in [2.24, 2.45) is 16.6 Å². The minimum Gasteiger partial charge on any atom is -0.370 e. The minimum absolute atomic E-state index is 0.546. The highest BCUT2D eigenvalue weighted by atomic mass is 32.1. The zero-order valence-corrected chi connectivity index (χ0v) is 11.1. The Balaban J connectivity index is 1.74. The molecule has 1 fully saturated rings. The van der Waals surface area contributed by atoms with Crippen LogP contribution >= 0.6 is 11.3 Å². The molecule has 0 bridgehead atoms. The Morgan fingerprint density at radius 1 is 1.65 bits per heavy atom. The molecular formula is C12H20N4S. The monoisotopic (exact) mass is 252 g/mol. The fourth-order valence-corrected chi connectivity index (χ4v) is 2.53. The van der Waals surface area contributed by atoms with E-state index >= 15 is 0 Å². The van der Waals surface area contributed by atoms with Crippen molar-refractivity contribution in [3.63, 3.8) is 0 Å². The maximum atomic E-state index is 5.80. The van der Waals surface area contributed by atoms with Crippen molar-refractivity contribution in [3.8, 4) is 0 Å². The fourth-order valence-electron chi connectivity index (χ4n) is 1.74. The van der Waals surface area contributed by atoms with Crippen LogP contribution in [0.3, 0.4) is 0 Å². The number of aromatic nitrogens is 1. The van der Waals surface area contributed by atoms with Gasteiger partial charge >= 0.3 is 0 Å². The average molecular weight is 252 g/mol. The third-order valence-corrected chi connectivity index (χ3v) is 4.26. The predicted molar refractivity (Wildman–Crippen MR) is 72.2 cm³/mol. The third kappa shape index (κ3) is 3.70. The number of rotatable bonds is 5. The highest BCUT2D eigenvalue weighted by molar-refractivity contribution is 7.11. The van der Waals surface area contributed by atoms with E-state index in [1.807, 2.05) is 6.20 Å². The molecule has 0 atom stereocenters. The van der Waals surface area contributed by atoms with Crippen LogP contribution in [0.5, 0.6) is 0 Å². The lowest BCUT2D eigenvalue weighted by atomic mass is 9.85. The van der Waals surface area contributed by atoms with Crippen molar-refractivity contribution in [1.82, 2.24) is 10.3 Å². The number of nitrogens with one attached hydrogen (secondary N) is 1. The Morgan fingerprint density at radius 2 is 2.47 bits per heavy atom. The number of hydrogen-bond donors (Lipinski definition) is 2.